The Morgan fingerprint density at radius 2 is 1.21 bits per heavy atom. The van der Waals surface area contributed by atoms with E-state index in [1.54, 1.807) is 12.1 Å². The molecule has 0 aliphatic rings. The number of halogens is 1. The predicted molar refractivity (Wildman–Crippen MR) is 95.2 cm³/mol. The number of aromatic nitrogens is 1. The van der Waals surface area contributed by atoms with Gasteiger partial charge in [-0.05, 0) is 24.3 Å². The van der Waals surface area contributed by atoms with E-state index in [1.807, 2.05) is 53.1 Å². The maximum Gasteiger partial charge on any atom is 0.101 e. The Morgan fingerprint density at radius 1 is 0.750 bits per heavy atom. The minimum absolute atomic E-state index is 0.380. The summed E-state index contributed by atoms with van der Waals surface area (Å²) >= 11 is 6.07. The molecule has 0 aliphatic carbocycles. The quantitative estimate of drug-likeness (QED) is 0.483. The van der Waals surface area contributed by atoms with Crippen LogP contribution in [0.3, 0.4) is 0 Å². The molecule has 0 unspecified atom stereocenters. The number of rotatable bonds is 1. The highest BCUT2D eigenvalue weighted by Crippen LogP contribution is 2.35. The Balaban J connectivity index is 2.27. The van der Waals surface area contributed by atoms with Gasteiger partial charge in [0.15, 0.2) is 0 Å². The van der Waals surface area contributed by atoms with Crippen molar-refractivity contribution in [1.82, 2.24) is 4.57 Å². The topological polar surface area (TPSA) is 52.5 Å². The second-order valence-corrected chi connectivity index (χ2v) is 5.88. The fourth-order valence-corrected chi connectivity index (χ4v) is 3.39. The fraction of sp³-hybridized carbons (Fsp3) is 0. The fourth-order valence-electron chi connectivity index (χ4n) is 3.17. The zero-order chi connectivity index (χ0) is 16.7. The molecule has 1 aromatic heterocycles. The highest BCUT2D eigenvalue weighted by atomic mass is 35.5. The number of hydrogen-bond donors (Lipinski definition) is 0. The zero-order valence-electron chi connectivity index (χ0n) is 12.5. The van der Waals surface area contributed by atoms with E-state index in [4.69, 9.17) is 11.6 Å². The summed E-state index contributed by atoms with van der Waals surface area (Å²) in [5.41, 5.74) is 3.24. The Labute approximate surface area is 143 Å². The van der Waals surface area contributed by atoms with Gasteiger partial charge in [0, 0.05) is 15.8 Å². The molecule has 0 bridgehead atoms. The number of benzene rings is 3. The number of nitriles is 2. The van der Waals surface area contributed by atoms with E-state index in [0.717, 1.165) is 21.8 Å². The molecule has 0 radical (unpaired) electrons. The number of nitrogens with zero attached hydrogens (tertiary/aromatic N) is 3. The lowest BCUT2D eigenvalue weighted by molar-refractivity contribution is 1.15. The van der Waals surface area contributed by atoms with Gasteiger partial charge in [0.2, 0.25) is 0 Å². The molecule has 4 heteroatoms. The summed E-state index contributed by atoms with van der Waals surface area (Å²) in [7, 11) is 0. The van der Waals surface area contributed by atoms with Gasteiger partial charge in [0.05, 0.1) is 27.8 Å². The normalized spacial score (nSPS) is 10.6. The van der Waals surface area contributed by atoms with Crippen LogP contribution in [0.2, 0.25) is 5.02 Å². The molecule has 0 atom stereocenters. The molecule has 0 aliphatic heterocycles. The van der Waals surface area contributed by atoms with Crippen molar-refractivity contribution in [3.8, 4) is 17.8 Å². The van der Waals surface area contributed by atoms with Crippen molar-refractivity contribution in [2.24, 2.45) is 0 Å². The first-order valence-corrected chi connectivity index (χ1v) is 7.74. The lowest BCUT2D eigenvalue weighted by atomic mass is 10.1. The van der Waals surface area contributed by atoms with E-state index < -0.39 is 0 Å². The molecule has 0 fully saturated rings. The minimum atomic E-state index is 0.380. The van der Waals surface area contributed by atoms with Crippen molar-refractivity contribution in [3.63, 3.8) is 0 Å². The van der Waals surface area contributed by atoms with Crippen LogP contribution in [0.25, 0.3) is 27.5 Å². The van der Waals surface area contributed by atoms with Crippen LogP contribution in [0.5, 0.6) is 0 Å². The summed E-state index contributed by atoms with van der Waals surface area (Å²) in [5.74, 6) is 0. The smallest absolute Gasteiger partial charge is 0.101 e. The number of fused-ring (bicyclic) bond motifs is 3. The van der Waals surface area contributed by atoms with Gasteiger partial charge >= 0.3 is 0 Å². The van der Waals surface area contributed by atoms with Gasteiger partial charge in [-0.25, -0.2) is 0 Å². The Hall–Kier alpha value is -3.27. The van der Waals surface area contributed by atoms with Gasteiger partial charge < -0.3 is 4.57 Å². The third-order valence-corrected chi connectivity index (χ3v) is 4.34. The van der Waals surface area contributed by atoms with Crippen molar-refractivity contribution in [1.29, 1.82) is 10.5 Å². The van der Waals surface area contributed by atoms with E-state index in [0.29, 0.717) is 21.8 Å². The molecule has 3 nitrogen and oxygen atoms in total. The van der Waals surface area contributed by atoms with Crippen LogP contribution < -0.4 is 0 Å². The molecule has 0 spiro atoms. The lowest BCUT2D eigenvalue weighted by Gasteiger charge is -2.12. The van der Waals surface area contributed by atoms with Crippen molar-refractivity contribution in [2.75, 3.05) is 0 Å². The van der Waals surface area contributed by atoms with Crippen LogP contribution in [-0.4, -0.2) is 4.57 Å². The second kappa shape index (κ2) is 5.42. The summed E-state index contributed by atoms with van der Waals surface area (Å²) in [6.45, 7) is 0. The van der Waals surface area contributed by atoms with Crippen LogP contribution in [-0.2, 0) is 0 Å². The first kappa shape index (κ1) is 14.3. The average Bonchev–Trinajstić information content (AvgIpc) is 2.95. The van der Waals surface area contributed by atoms with Crippen molar-refractivity contribution >= 4 is 33.4 Å². The van der Waals surface area contributed by atoms with Gasteiger partial charge in [-0.15, -0.1) is 0 Å². The summed E-state index contributed by atoms with van der Waals surface area (Å²) in [4.78, 5) is 0. The van der Waals surface area contributed by atoms with Gasteiger partial charge in [-0.1, -0.05) is 48.0 Å². The first-order valence-electron chi connectivity index (χ1n) is 7.37. The number of para-hydroxylation sites is 2. The predicted octanol–water partition coefficient (Wildman–Crippen LogP) is 5.18. The Kier molecular flexibility index (Phi) is 3.24. The van der Waals surface area contributed by atoms with Gasteiger partial charge in [0.25, 0.3) is 0 Å². The largest absolute Gasteiger partial charge is 0.307 e. The summed E-state index contributed by atoms with van der Waals surface area (Å²) in [6, 6.07) is 23.5. The van der Waals surface area contributed by atoms with Crippen LogP contribution in [0.15, 0.2) is 60.7 Å². The molecule has 1 heterocycles. The SMILES string of the molecule is N#Cc1cc(Cl)cc(C#N)c1-n1c2ccccc2c2ccccc21. The third kappa shape index (κ3) is 1.97. The maximum absolute atomic E-state index is 9.57. The monoisotopic (exact) mass is 327 g/mol. The van der Waals surface area contributed by atoms with Crippen molar-refractivity contribution in [2.45, 2.75) is 0 Å². The standard InChI is InChI=1S/C20H10ClN3/c21-15-9-13(11-22)20(14(10-15)12-23)24-18-7-3-1-5-16(18)17-6-2-4-8-19(17)24/h1-10H. The number of hydrogen-bond acceptors (Lipinski definition) is 2. The molecular weight excluding hydrogens is 318 g/mol. The minimum Gasteiger partial charge on any atom is -0.307 e. The summed E-state index contributed by atoms with van der Waals surface area (Å²) in [5, 5.41) is 21.7. The molecule has 4 rings (SSSR count). The van der Waals surface area contributed by atoms with Crippen LogP contribution in [0, 0.1) is 22.7 Å². The molecule has 0 N–H and O–H groups in total. The van der Waals surface area contributed by atoms with Crippen LogP contribution in [0.4, 0.5) is 0 Å². The van der Waals surface area contributed by atoms with Gasteiger partial charge in [0.1, 0.15) is 12.1 Å². The third-order valence-electron chi connectivity index (χ3n) is 4.12. The first-order chi connectivity index (χ1) is 11.7. The zero-order valence-corrected chi connectivity index (χ0v) is 13.2. The highest BCUT2D eigenvalue weighted by molar-refractivity contribution is 6.31. The van der Waals surface area contributed by atoms with Gasteiger partial charge in [-0.2, -0.15) is 10.5 Å². The second-order valence-electron chi connectivity index (χ2n) is 5.44. The molecule has 24 heavy (non-hydrogen) atoms. The Morgan fingerprint density at radius 3 is 1.67 bits per heavy atom. The highest BCUT2D eigenvalue weighted by Gasteiger charge is 2.18. The Bertz CT molecular complexity index is 1100. The van der Waals surface area contributed by atoms with Crippen molar-refractivity contribution < 1.29 is 0 Å². The summed E-state index contributed by atoms with van der Waals surface area (Å²) in [6.07, 6.45) is 0. The molecular formula is C20H10ClN3. The molecule has 0 saturated heterocycles. The molecule has 0 saturated carbocycles. The van der Waals surface area contributed by atoms with Gasteiger partial charge in [-0.3, -0.25) is 0 Å². The van der Waals surface area contributed by atoms with E-state index in [1.165, 1.54) is 0 Å². The van der Waals surface area contributed by atoms with E-state index in [9.17, 15) is 10.5 Å². The molecule has 112 valence electrons. The van der Waals surface area contributed by atoms with E-state index in [-0.39, 0.29) is 0 Å². The summed E-state index contributed by atoms with van der Waals surface area (Å²) < 4.78 is 1.97. The lowest BCUT2D eigenvalue weighted by Crippen LogP contribution is -2.01. The van der Waals surface area contributed by atoms with E-state index >= 15 is 0 Å². The molecule has 4 aromatic rings. The molecule has 3 aromatic carbocycles. The van der Waals surface area contributed by atoms with Crippen molar-refractivity contribution in [3.05, 3.63) is 76.8 Å². The maximum atomic E-state index is 9.57. The average molecular weight is 328 g/mol. The van der Waals surface area contributed by atoms with E-state index in [2.05, 4.69) is 12.1 Å². The molecule has 0 amide bonds. The van der Waals surface area contributed by atoms with Crippen LogP contribution in [0.1, 0.15) is 11.1 Å². The van der Waals surface area contributed by atoms with Crippen LogP contribution >= 0.6 is 11.6 Å².